The number of phenols is 1. The number of halogens is 2. The van der Waals surface area contributed by atoms with Crippen LogP contribution in [0.4, 0.5) is 10.5 Å². The molecule has 7 nitrogen and oxygen atoms in total. The first-order chi connectivity index (χ1) is 15.1. The van der Waals surface area contributed by atoms with Crippen LogP contribution in [0.5, 0.6) is 11.5 Å². The minimum Gasteiger partial charge on any atom is -0.504 e. The third kappa shape index (κ3) is 5.19. The Morgan fingerprint density at radius 1 is 1.22 bits per heavy atom. The molecule has 0 radical (unpaired) electrons. The topological polar surface area (TPSA) is 95.9 Å². The zero-order valence-electron chi connectivity index (χ0n) is 17.5. The van der Waals surface area contributed by atoms with Crippen molar-refractivity contribution in [3.8, 4) is 11.5 Å². The van der Waals surface area contributed by atoms with E-state index < -0.39 is 23.6 Å². The van der Waals surface area contributed by atoms with Crippen LogP contribution in [0.25, 0.3) is 6.08 Å². The summed E-state index contributed by atoms with van der Waals surface area (Å²) in [4.78, 5) is 38.6. The first-order valence-electron chi connectivity index (χ1n) is 9.58. The third-order valence-electron chi connectivity index (χ3n) is 4.73. The van der Waals surface area contributed by atoms with E-state index in [1.54, 1.807) is 19.1 Å². The van der Waals surface area contributed by atoms with Gasteiger partial charge in [-0.3, -0.25) is 19.3 Å². The lowest BCUT2D eigenvalue weighted by atomic mass is 10.1. The summed E-state index contributed by atoms with van der Waals surface area (Å²) in [6.45, 7) is 5.60. The number of hydrogen-bond donors (Lipinski definition) is 2. The molecule has 168 valence electrons. The largest absolute Gasteiger partial charge is 0.504 e. The second kappa shape index (κ2) is 10.1. The molecule has 0 atom stereocenters. The van der Waals surface area contributed by atoms with Gasteiger partial charge in [-0.2, -0.15) is 0 Å². The van der Waals surface area contributed by atoms with E-state index >= 15 is 0 Å². The standard InChI is InChI=1S/C22H20Br2N2O5S/c1-4-31-16-9-15(23)19(24)14(20(16)28)8-17-21(29)26(22(30)32-17)10-18(27)25-13-6-5-11(2)12(3)7-13/h5-9,28H,4,10H2,1-3H3,(H,25,27). The Balaban J connectivity index is 1.81. The van der Waals surface area contributed by atoms with Crippen LogP contribution in [0.1, 0.15) is 23.6 Å². The highest BCUT2D eigenvalue weighted by Gasteiger charge is 2.36. The van der Waals surface area contributed by atoms with E-state index in [-0.39, 0.29) is 22.0 Å². The van der Waals surface area contributed by atoms with Gasteiger partial charge in [0.15, 0.2) is 11.5 Å². The second-order valence-corrected chi connectivity index (χ2v) is 9.62. The molecule has 1 heterocycles. The molecular weight excluding hydrogens is 564 g/mol. The molecule has 2 aromatic rings. The molecule has 2 aromatic carbocycles. The summed E-state index contributed by atoms with van der Waals surface area (Å²) < 4.78 is 6.53. The molecule has 3 rings (SSSR count). The number of carbonyl (C=O) groups is 3. The lowest BCUT2D eigenvalue weighted by Crippen LogP contribution is -2.36. The molecule has 1 fully saturated rings. The monoisotopic (exact) mass is 582 g/mol. The maximum atomic E-state index is 12.8. The van der Waals surface area contributed by atoms with Crippen molar-refractivity contribution in [3.63, 3.8) is 0 Å². The third-order valence-corrected chi connectivity index (χ3v) is 7.65. The number of imide groups is 1. The summed E-state index contributed by atoms with van der Waals surface area (Å²) in [7, 11) is 0. The van der Waals surface area contributed by atoms with E-state index in [9.17, 15) is 19.5 Å². The van der Waals surface area contributed by atoms with Gasteiger partial charge in [-0.25, -0.2) is 0 Å². The van der Waals surface area contributed by atoms with Crippen LogP contribution in [0.3, 0.4) is 0 Å². The summed E-state index contributed by atoms with van der Waals surface area (Å²) in [5, 5.41) is 12.7. The minimum absolute atomic E-state index is 0.0885. The van der Waals surface area contributed by atoms with Crippen molar-refractivity contribution < 1.29 is 24.2 Å². The number of ether oxygens (including phenoxy) is 1. The number of nitrogens with zero attached hydrogens (tertiary/aromatic N) is 1. The number of aromatic hydroxyl groups is 1. The van der Waals surface area contributed by atoms with Crippen LogP contribution in [0, 0.1) is 13.8 Å². The highest BCUT2D eigenvalue weighted by atomic mass is 79.9. The number of hydrogen-bond acceptors (Lipinski definition) is 6. The first-order valence-corrected chi connectivity index (χ1v) is 12.0. The molecule has 0 saturated carbocycles. The Bertz CT molecular complexity index is 1150. The number of amides is 3. The normalized spacial score (nSPS) is 14.9. The van der Waals surface area contributed by atoms with Crippen LogP contribution in [0.2, 0.25) is 0 Å². The van der Waals surface area contributed by atoms with E-state index in [0.29, 0.717) is 33.0 Å². The average molecular weight is 584 g/mol. The zero-order valence-corrected chi connectivity index (χ0v) is 21.5. The van der Waals surface area contributed by atoms with Gasteiger partial charge >= 0.3 is 0 Å². The number of carbonyl (C=O) groups excluding carboxylic acids is 3. The predicted octanol–water partition coefficient (Wildman–Crippen LogP) is 5.61. The van der Waals surface area contributed by atoms with E-state index in [0.717, 1.165) is 16.0 Å². The van der Waals surface area contributed by atoms with Crippen molar-refractivity contribution in [3.05, 3.63) is 54.8 Å². The number of nitrogens with one attached hydrogen (secondary N) is 1. The SMILES string of the molecule is CCOc1cc(Br)c(Br)c(C=C2SC(=O)N(CC(=O)Nc3ccc(C)c(C)c3)C2=O)c1O. The van der Waals surface area contributed by atoms with Gasteiger partial charge in [-0.1, -0.05) is 6.07 Å². The zero-order chi connectivity index (χ0) is 23.6. The number of anilines is 1. The quantitative estimate of drug-likeness (QED) is 0.429. The fraction of sp³-hybridized carbons (Fsp3) is 0.227. The van der Waals surface area contributed by atoms with Gasteiger partial charge in [-0.15, -0.1) is 0 Å². The van der Waals surface area contributed by atoms with Crippen LogP contribution in [-0.2, 0) is 9.59 Å². The Hall–Kier alpha value is -2.30. The molecule has 0 aromatic heterocycles. The fourth-order valence-corrected chi connectivity index (χ4v) is 4.60. The first kappa shape index (κ1) is 24.3. The van der Waals surface area contributed by atoms with Gasteiger partial charge in [0.25, 0.3) is 11.1 Å². The molecule has 0 bridgehead atoms. The van der Waals surface area contributed by atoms with Gasteiger partial charge in [0.1, 0.15) is 6.54 Å². The lowest BCUT2D eigenvalue weighted by molar-refractivity contribution is -0.127. The Morgan fingerprint density at radius 2 is 1.94 bits per heavy atom. The molecule has 2 N–H and O–H groups in total. The molecule has 0 spiro atoms. The molecule has 1 saturated heterocycles. The number of phenolic OH excluding ortho intramolecular Hbond substituents is 1. The number of rotatable bonds is 6. The van der Waals surface area contributed by atoms with E-state index in [2.05, 4.69) is 37.2 Å². The number of thioether (sulfide) groups is 1. The van der Waals surface area contributed by atoms with Gasteiger partial charge < -0.3 is 15.2 Å². The Labute approximate surface area is 206 Å². The van der Waals surface area contributed by atoms with Gasteiger partial charge in [0.05, 0.1) is 11.5 Å². The van der Waals surface area contributed by atoms with Crippen molar-refractivity contribution in [2.24, 2.45) is 0 Å². The van der Waals surface area contributed by atoms with Crippen LogP contribution < -0.4 is 10.1 Å². The van der Waals surface area contributed by atoms with Gasteiger partial charge in [0.2, 0.25) is 5.91 Å². The highest BCUT2D eigenvalue weighted by Crippen LogP contribution is 2.43. The van der Waals surface area contributed by atoms with E-state index in [1.807, 2.05) is 26.0 Å². The van der Waals surface area contributed by atoms with E-state index in [1.165, 1.54) is 6.08 Å². The van der Waals surface area contributed by atoms with Crippen molar-refractivity contribution in [1.82, 2.24) is 4.90 Å². The highest BCUT2D eigenvalue weighted by molar-refractivity contribution is 9.13. The maximum Gasteiger partial charge on any atom is 0.294 e. The molecule has 1 aliphatic heterocycles. The average Bonchev–Trinajstić information content (AvgIpc) is 2.99. The summed E-state index contributed by atoms with van der Waals surface area (Å²) in [5.74, 6) is -1.02. The predicted molar refractivity (Wildman–Crippen MR) is 132 cm³/mol. The van der Waals surface area contributed by atoms with Gasteiger partial charge in [-0.05, 0) is 99.8 Å². The molecule has 3 amide bonds. The van der Waals surface area contributed by atoms with E-state index in [4.69, 9.17) is 4.74 Å². The second-order valence-electron chi connectivity index (χ2n) is 6.98. The molecule has 0 aliphatic carbocycles. The van der Waals surface area contributed by atoms with Crippen LogP contribution >= 0.6 is 43.6 Å². The van der Waals surface area contributed by atoms with Crippen molar-refractivity contribution >= 4 is 72.4 Å². The van der Waals surface area contributed by atoms with Gasteiger partial charge in [0, 0.05) is 20.2 Å². The molecular formula is C22H20Br2N2O5S. The molecule has 0 unspecified atom stereocenters. The summed E-state index contributed by atoms with van der Waals surface area (Å²) in [5.41, 5.74) is 2.98. The fourth-order valence-electron chi connectivity index (χ4n) is 2.94. The van der Waals surface area contributed by atoms with Crippen LogP contribution in [0.15, 0.2) is 38.1 Å². The lowest BCUT2D eigenvalue weighted by Gasteiger charge is -2.13. The van der Waals surface area contributed by atoms with Crippen molar-refractivity contribution in [2.75, 3.05) is 18.5 Å². The molecule has 32 heavy (non-hydrogen) atoms. The minimum atomic E-state index is -0.612. The smallest absolute Gasteiger partial charge is 0.294 e. The summed E-state index contributed by atoms with van der Waals surface area (Å²) in [6, 6.07) is 7.07. The summed E-state index contributed by atoms with van der Waals surface area (Å²) >= 11 is 7.45. The van der Waals surface area contributed by atoms with Crippen LogP contribution in [-0.4, -0.2) is 40.2 Å². The summed E-state index contributed by atoms with van der Waals surface area (Å²) in [6.07, 6.45) is 1.40. The Morgan fingerprint density at radius 3 is 2.59 bits per heavy atom. The maximum absolute atomic E-state index is 12.8. The number of aryl methyl sites for hydroxylation is 2. The Kier molecular flexibility index (Phi) is 7.68. The number of benzene rings is 2. The van der Waals surface area contributed by atoms with Crippen molar-refractivity contribution in [2.45, 2.75) is 20.8 Å². The van der Waals surface area contributed by atoms with Crippen molar-refractivity contribution in [1.29, 1.82) is 0 Å². The molecule has 1 aliphatic rings. The molecule has 10 heteroatoms.